The zero-order valence-corrected chi connectivity index (χ0v) is 17.0. The summed E-state index contributed by atoms with van der Waals surface area (Å²) < 4.78 is 5.79. The number of ether oxygens (including phenoxy) is 1. The van der Waals surface area contributed by atoms with Gasteiger partial charge in [0.15, 0.2) is 5.96 Å². The first-order chi connectivity index (χ1) is 12.6. The van der Waals surface area contributed by atoms with Gasteiger partial charge in [-0.15, -0.1) is 11.3 Å². The Morgan fingerprint density at radius 3 is 2.85 bits per heavy atom. The van der Waals surface area contributed by atoms with E-state index >= 15 is 0 Å². The molecule has 2 aromatic rings. The first kappa shape index (κ1) is 20.2. The monoisotopic (exact) mass is 374 g/mol. The normalized spacial score (nSPS) is 11.7. The van der Waals surface area contributed by atoms with Crippen molar-refractivity contribution in [2.24, 2.45) is 10.9 Å². The van der Waals surface area contributed by atoms with E-state index in [1.165, 1.54) is 15.4 Å². The summed E-state index contributed by atoms with van der Waals surface area (Å²) in [6.07, 6.45) is 3.93. The molecule has 0 radical (unpaired) electrons. The number of guanidine groups is 1. The van der Waals surface area contributed by atoms with E-state index in [-0.39, 0.29) is 0 Å². The molecule has 0 aliphatic heterocycles. The average molecular weight is 375 g/mol. The van der Waals surface area contributed by atoms with Gasteiger partial charge < -0.3 is 15.4 Å². The third-order valence-electron chi connectivity index (χ3n) is 3.75. The fourth-order valence-corrected chi connectivity index (χ4v) is 3.19. The number of nitrogens with zero attached hydrogens (tertiary/aromatic N) is 2. The van der Waals surface area contributed by atoms with E-state index in [9.17, 15) is 0 Å². The Labute approximate surface area is 160 Å². The van der Waals surface area contributed by atoms with Crippen molar-refractivity contribution in [2.75, 3.05) is 20.2 Å². The third-order valence-corrected chi connectivity index (χ3v) is 4.95. The number of aryl methyl sites for hydroxylation is 1. The number of thiazole rings is 1. The molecule has 0 saturated carbocycles. The van der Waals surface area contributed by atoms with Gasteiger partial charge in [0.2, 0.25) is 0 Å². The fourth-order valence-electron chi connectivity index (χ4n) is 2.33. The lowest BCUT2D eigenvalue weighted by atomic mass is 10.2. The van der Waals surface area contributed by atoms with Gasteiger partial charge >= 0.3 is 0 Å². The van der Waals surface area contributed by atoms with Crippen LogP contribution in [0.15, 0.2) is 35.5 Å². The molecule has 1 aromatic carbocycles. The summed E-state index contributed by atoms with van der Waals surface area (Å²) in [5, 5.41) is 7.86. The molecule has 0 atom stereocenters. The zero-order chi connectivity index (χ0) is 18.8. The summed E-state index contributed by atoms with van der Waals surface area (Å²) >= 11 is 1.79. The highest BCUT2D eigenvalue weighted by Crippen LogP contribution is 2.14. The maximum atomic E-state index is 5.79. The van der Waals surface area contributed by atoms with Crippen LogP contribution in [0.3, 0.4) is 0 Å². The minimum Gasteiger partial charge on any atom is -0.493 e. The lowest BCUT2D eigenvalue weighted by Crippen LogP contribution is -2.37. The smallest absolute Gasteiger partial charge is 0.191 e. The first-order valence-corrected chi connectivity index (χ1v) is 10.0. The maximum absolute atomic E-state index is 5.79. The van der Waals surface area contributed by atoms with Crippen LogP contribution in [0.4, 0.5) is 0 Å². The quantitative estimate of drug-likeness (QED) is 0.520. The van der Waals surface area contributed by atoms with Crippen molar-refractivity contribution < 1.29 is 4.74 Å². The molecule has 0 fully saturated rings. The molecule has 2 rings (SSSR count). The van der Waals surface area contributed by atoms with E-state index in [0.717, 1.165) is 37.7 Å². The molecule has 142 valence electrons. The Bertz CT molecular complexity index is 697. The van der Waals surface area contributed by atoms with Gasteiger partial charge in [0.1, 0.15) is 5.75 Å². The SMILES string of the molecule is CCc1cnc(CCNC(=NC)NCc2cccc(OCC(C)C)c2)s1. The molecule has 0 aliphatic rings. The Balaban J connectivity index is 1.76. The second-order valence-corrected chi connectivity index (χ2v) is 7.73. The second kappa shape index (κ2) is 10.8. The van der Waals surface area contributed by atoms with Crippen molar-refractivity contribution >= 4 is 17.3 Å². The predicted molar refractivity (Wildman–Crippen MR) is 110 cm³/mol. The van der Waals surface area contributed by atoms with Crippen LogP contribution >= 0.6 is 11.3 Å². The predicted octanol–water partition coefficient (Wildman–Crippen LogP) is 3.65. The molecular weight excluding hydrogens is 344 g/mol. The number of aromatic nitrogens is 1. The molecule has 0 aliphatic carbocycles. The molecule has 6 heteroatoms. The zero-order valence-electron chi connectivity index (χ0n) is 16.2. The molecule has 0 unspecified atom stereocenters. The molecule has 2 N–H and O–H groups in total. The average Bonchev–Trinajstić information content (AvgIpc) is 3.11. The standard InChI is InChI=1S/C20H30N4OS/c1-5-18-13-23-19(26-18)9-10-22-20(21-4)24-12-16-7-6-8-17(11-16)25-14-15(2)3/h6-8,11,13,15H,5,9-10,12,14H2,1-4H3,(H2,21,22,24). The van der Waals surface area contributed by atoms with E-state index in [1.54, 1.807) is 18.4 Å². The van der Waals surface area contributed by atoms with Crippen LogP contribution in [0.2, 0.25) is 0 Å². The van der Waals surface area contributed by atoms with Crippen LogP contribution in [0.1, 0.15) is 36.2 Å². The van der Waals surface area contributed by atoms with Crippen LogP contribution < -0.4 is 15.4 Å². The number of benzene rings is 1. The lowest BCUT2D eigenvalue weighted by Gasteiger charge is -2.13. The van der Waals surface area contributed by atoms with Crippen LogP contribution in [-0.4, -0.2) is 31.1 Å². The lowest BCUT2D eigenvalue weighted by molar-refractivity contribution is 0.271. The van der Waals surface area contributed by atoms with Crippen molar-refractivity contribution in [1.29, 1.82) is 0 Å². The number of nitrogens with one attached hydrogen (secondary N) is 2. The highest BCUT2D eigenvalue weighted by atomic mass is 32.1. The Morgan fingerprint density at radius 2 is 2.15 bits per heavy atom. The van der Waals surface area contributed by atoms with Gasteiger partial charge in [-0.2, -0.15) is 0 Å². The first-order valence-electron chi connectivity index (χ1n) is 9.20. The fraction of sp³-hybridized carbons (Fsp3) is 0.500. The van der Waals surface area contributed by atoms with E-state index in [1.807, 2.05) is 18.3 Å². The minimum absolute atomic E-state index is 0.519. The molecule has 5 nitrogen and oxygen atoms in total. The minimum atomic E-state index is 0.519. The van der Waals surface area contributed by atoms with Crippen molar-refractivity contribution in [3.05, 3.63) is 45.9 Å². The molecule has 0 spiro atoms. The molecule has 26 heavy (non-hydrogen) atoms. The molecule has 0 amide bonds. The van der Waals surface area contributed by atoms with Gasteiger partial charge in [0.25, 0.3) is 0 Å². The Kier molecular flexibility index (Phi) is 8.41. The van der Waals surface area contributed by atoms with Crippen molar-refractivity contribution in [2.45, 2.75) is 40.2 Å². The van der Waals surface area contributed by atoms with Gasteiger partial charge in [-0.05, 0) is 30.0 Å². The summed E-state index contributed by atoms with van der Waals surface area (Å²) in [5.74, 6) is 2.23. The van der Waals surface area contributed by atoms with Crippen LogP contribution in [0.25, 0.3) is 0 Å². The topological polar surface area (TPSA) is 58.5 Å². The highest BCUT2D eigenvalue weighted by Gasteiger charge is 2.03. The Hall–Kier alpha value is -2.08. The van der Waals surface area contributed by atoms with E-state index in [4.69, 9.17) is 4.74 Å². The number of hydrogen-bond acceptors (Lipinski definition) is 4. The Morgan fingerprint density at radius 1 is 1.31 bits per heavy atom. The third kappa shape index (κ3) is 7.04. The maximum Gasteiger partial charge on any atom is 0.191 e. The van der Waals surface area contributed by atoms with E-state index in [0.29, 0.717) is 12.5 Å². The van der Waals surface area contributed by atoms with Gasteiger partial charge in [0.05, 0.1) is 11.6 Å². The summed E-state index contributed by atoms with van der Waals surface area (Å²) in [4.78, 5) is 10.1. The highest BCUT2D eigenvalue weighted by molar-refractivity contribution is 7.11. The van der Waals surface area contributed by atoms with Crippen LogP contribution in [0.5, 0.6) is 5.75 Å². The van der Waals surface area contributed by atoms with Crippen molar-refractivity contribution in [3.8, 4) is 5.75 Å². The summed E-state index contributed by atoms with van der Waals surface area (Å²) in [7, 11) is 1.79. The van der Waals surface area contributed by atoms with Crippen LogP contribution in [-0.2, 0) is 19.4 Å². The van der Waals surface area contributed by atoms with Gasteiger partial charge in [-0.1, -0.05) is 32.9 Å². The van der Waals surface area contributed by atoms with E-state index < -0.39 is 0 Å². The number of aliphatic imine (C=N–C) groups is 1. The van der Waals surface area contributed by atoms with Gasteiger partial charge in [-0.25, -0.2) is 4.98 Å². The van der Waals surface area contributed by atoms with Gasteiger partial charge in [-0.3, -0.25) is 4.99 Å². The second-order valence-electron chi connectivity index (χ2n) is 6.53. The van der Waals surface area contributed by atoms with Gasteiger partial charge in [0, 0.05) is 37.6 Å². The molecule has 0 bridgehead atoms. The number of hydrogen-bond donors (Lipinski definition) is 2. The molecule has 0 saturated heterocycles. The largest absolute Gasteiger partial charge is 0.493 e. The van der Waals surface area contributed by atoms with Crippen molar-refractivity contribution in [1.82, 2.24) is 15.6 Å². The molecule has 1 heterocycles. The molecule has 1 aromatic heterocycles. The van der Waals surface area contributed by atoms with Crippen molar-refractivity contribution in [3.63, 3.8) is 0 Å². The number of rotatable bonds is 9. The summed E-state index contributed by atoms with van der Waals surface area (Å²) in [5.41, 5.74) is 1.17. The van der Waals surface area contributed by atoms with E-state index in [2.05, 4.69) is 53.5 Å². The van der Waals surface area contributed by atoms with Crippen LogP contribution in [0, 0.1) is 5.92 Å². The summed E-state index contributed by atoms with van der Waals surface area (Å²) in [6, 6.07) is 8.18. The summed E-state index contributed by atoms with van der Waals surface area (Å²) in [6.45, 7) is 8.70. The molecular formula is C20H30N4OS.